The maximum atomic E-state index is 2.37. The van der Waals surface area contributed by atoms with E-state index in [0.717, 1.165) is 12.8 Å². The summed E-state index contributed by atoms with van der Waals surface area (Å²) in [5.41, 5.74) is 6.01. The van der Waals surface area contributed by atoms with Crippen LogP contribution in [-0.4, -0.2) is 0 Å². The fourth-order valence-corrected chi connectivity index (χ4v) is 2.58. The smallest absolute Gasteiger partial charge is 1.00 e. The van der Waals surface area contributed by atoms with Crippen LogP contribution >= 0.6 is 0 Å². The number of allylic oxidation sites excluding steroid dienone is 1. The van der Waals surface area contributed by atoms with Crippen LogP contribution in [0.2, 0.25) is 0 Å². The third kappa shape index (κ3) is 4.01. The van der Waals surface area contributed by atoms with E-state index in [0.29, 0.717) is 4.22 Å². The quantitative estimate of drug-likeness (QED) is 0.476. The van der Waals surface area contributed by atoms with Crippen molar-refractivity contribution in [3.8, 4) is 0 Å². The van der Waals surface area contributed by atoms with Crippen LogP contribution < -0.4 is 37.2 Å². The third-order valence-electron chi connectivity index (χ3n) is 2.94. The van der Waals surface area contributed by atoms with Crippen molar-refractivity contribution in [1.29, 1.82) is 0 Å². The molecule has 0 N–H and O–H groups in total. The van der Waals surface area contributed by atoms with Crippen molar-refractivity contribution in [2.75, 3.05) is 0 Å². The molecular formula is C13H15Cl3Ti. The standard InChI is InChI=1S/C13H15.3ClH.Ti/c1-3-10-8-11(4-2)13-7-5-6-12(13)9-10;;;;/h5-9H,3-4H2,1-2H3;3*1H;/q;;;;+3/p-3. The van der Waals surface area contributed by atoms with E-state index < -0.39 is 0 Å². The Hall–Kier alpha value is 0.544. The summed E-state index contributed by atoms with van der Waals surface area (Å²) in [6, 6.07) is 4.74. The molecule has 0 saturated carbocycles. The van der Waals surface area contributed by atoms with Gasteiger partial charge in [0.2, 0.25) is 0 Å². The molecule has 0 fully saturated rings. The molecule has 0 nitrogen and oxygen atoms in total. The molecule has 2 rings (SSSR count). The van der Waals surface area contributed by atoms with Crippen LogP contribution in [0.5, 0.6) is 0 Å². The fraction of sp³-hybridized carbons (Fsp3) is 0.385. The molecule has 1 aliphatic carbocycles. The van der Waals surface area contributed by atoms with Crippen molar-refractivity contribution >= 4 is 6.08 Å². The first kappa shape index (κ1) is 19.9. The van der Waals surface area contributed by atoms with E-state index in [-0.39, 0.29) is 37.2 Å². The van der Waals surface area contributed by atoms with Crippen molar-refractivity contribution in [2.45, 2.75) is 30.9 Å². The summed E-state index contributed by atoms with van der Waals surface area (Å²) in [4.78, 5) is 0. The van der Waals surface area contributed by atoms with Crippen LogP contribution in [0.1, 0.15) is 40.3 Å². The van der Waals surface area contributed by atoms with Gasteiger partial charge in [-0.3, -0.25) is 0 Å². The number of benzene rings is 1. The van der Waals surface area contributed by atoms with Gasteiger partial charge in [0.1, 0.15) is 0 Å². The predicted molar refractivity (Wildman–Crippen MR) is 57.0 cm³/mol. The first-order valence-corrected chi connectivity index (χ1v) is 6.21. The van der Waals surface area contributed by atoms with E-state index in [1.807, 2.05) is 0 Å². The Kier molecular flexibility index (Phi) is 10.1. The number of halogens is 3. The molecule has 1 aromatic carbocycles. The monoisotopic (exact) mass is 324 g/mol. The minimum atomic E-state index is 0. The van der Waals surface area contributed by atoms with E-state index in [2.05, 4.69) is 58.6 Å². The van der Waals surface area contributed by atoms with Crippen LogP contribution in [0.3, 0.4) is 0 Å². The van der Waals surface area contributed by atoms with Crippen LogP contribution in [0.4, 0.5) is 0 Å². The number of rotatable bonds is 2. The molecule has 0 bridgehead atoms. The van der Waals surface area contributed by atoms with Gasteiger partial charge in [0.25, 0.3) is 0 Å². The summed E-state index contributed by atoms with van der Waals surface area (Å²) >= 11 is 2.28. The number of aryl methyl sites for hydroxylation is 2. The van der Waals surface area contributed by atoms with Gasteiger partial charge >= 0.3 is 97.9 Å². The second kappa shape index (κ2) is 8.61. The van der Waals surface area contributed by atoms with E-state index >= 15 is 0 Å². The molecule has 0 amide bonds. The number of fused-ring (bicyclic) bond motifs is 1. The van der Waals surface area contributed by atoms with Gasteiger partial charge in [-0.05, 0) is 0 Å². The molecule has 1 aromatic rings. The van der Waals surface area contributed by atoms with Gasteiger partial charge in [-0.25, -0.2) is 0 Å². The largest absolute Gasteiger partial charge is 1.00 e. The van der Waals surface area contributed by atoms with Crippen LogP contribution in [0.15, 0.2) is 18.2 Å². The number of hydrogen-bond donors (Lipinski definition) is 0. The Morgan fingerprint density at radius 1 is 1.06 bits per heavy atom. The normalized spacial score (nSPS) is 15.4. The second-order valence-electron chi connectivity index (χ2n) is 3.80. The summed E-state index contributed by atoms with van der Waals surface area (Å²) in [6.07, 6.45) is 6.89. The summed E-state index contributed by atoms with van der Waals surface area (Å²) in [5, 5.41) is 0. The van der Waals surface area contributed by atoms with Gasteiger partial charge in [-0.1, -0.05) is 0 Å². The number of hydrogen-bond acceptors (Lipinski definition) is 0. The minimum absolute atomic E-state index is 0. The van der Waals surface area contributed by atoms with E-state index in [4.69, 9.17) is 0 Å². The summed E-state index contributed by atoms with van der Waals surface area (Å²) in [5.74, 6) is 0. The maximum absolute atomic E-state index is 2.37. The van der Waals surface area contributed by atoms with Gasteiger partial charge in [0.15, 0.2) is 0 Å². The molecule has 4 heteroatoms. The first-order valence-electron chi connectivity index (χ1n) is 5.31. The van der Waals surface area contributed by atoms with Crippen molar-refractivity contribution in [3.63, 3.8) is 0 Å². The predicted octanol–water partition coefficient (Wildman–Crippen LogP) is -5.56. The van der Waals surface area contributed by atoms with Crippen LogP contribution in [-0.2, 0) is 33.3 Å². The zero-order chi connectivity index (χ0) is 10.1. The van der Waals surface area contributed by atoms with Gasteiger partial charge in [0.05, 0.1) is 0 Å². The van der Waals surface area contributed by atoms with Gasteiger partial charge in [0, 0.05) is 0 Å². The van der Waals surface area contributed by atoms with Gasteiger partial charge in [-0.2, -0.15) is 0 Å². The van der Waals surface area contributed by atoms with E-state index in [1.165, 1.54) is 22.3 Å². The summed E-state index contributed by atoms with van der Waals surface area (Å²) in [6.45, 7) is 4.47. The molecule has 0 heterocycles. The van der Waals surface area contributed by atoms with Crippen molar-refractivity contribution in [3.05, 3.63) is 40.5 Å². The molecule has 0 saturated heterocycles. The maximum Gasteiger partial charge on any atom is -1.00 e. The second-order valence-corrected chi connectivity index (χ2v) is 4.77. The van der Waals surface area contributed by atoms with Crippen molar-refractivity contribution < 1.29 is 57.7 Å². The van der Waals surface area contributed by atoms with Crippen molar-refractivity contribution in [2.24, 2.45) is 0 Å². The molecule has 0 aromatic heterocycles. The van der Waals surface area contributed by atoms with Gasteiger partial charge < -0.3 is 37.2 Å². The van der Waals surface area contributed by atoms with Gasteiger partial charge in [-0.15, -0.1) is 0 Å². The molecule has 1 atom stereocenters. The SMILES string of the molecule is CCc1cc(CC)c2c(c1)[CH]([Ti+3])C=C2.[Cl-].[Cl-].[Cl-]. The average molecular weight is 325 g/mol. The third-order valence-corrected chi connectivity index (χ3v) is 3.72. The minimum Gasteiger partial charge on any atom is -1.00 e. The van der Waals surface area contributed by atoms with Crippen LogP contribution in [0, 0.1) is 0 Å². The Morgan fingerprint density at radius 2 is 1.71 bits per heavy atom. The molecule has 0 spiro atoms. The zero-order valence-electron chi connectivity index (χ0n) is 9.93. The molecule has 92 valence electrons. The molecule has 17 heavy (non-hydrogen) atoms. The Balaban J connectivity index is 0. The Labute approximate surface area is 134 Å². The average Bonchev–Trinajstić information content (AvgIpc) is 2.59. The molecule has 1 aliphatic rings. The molecule has 0 aliphatic heterocycles. The first-order chi connectivity index (χ1) is 6.76. The molecular weight excluding hydrogens is 310 g/mol. The van der Waals surface area contributed by atoms with Crippen molar-refractivity contribution in [1.82, 2.24) is 0 Å². The molecule has 1 unspecified atom stereocenters. The Bertz CT molecular complexity index is 388. The van der Waals surface area contributed by atoms with E-state index in [1.54, 1.807) is 0 Å². The Morgan fingerprint density at radius 3 is 2.24 bits per heavy atom. The van der Waals surface area contributed by atoms with Crippen LogP contribution in [0.25, 0.3) is 6.08 Å². The summed E-state index contributed by atoms with van der Waals surface area (Å²) in [7, 11) is 0. The molecule has 0 radical (unpaired) electrons. The zero-order valence-corrected chi connectivity index (χ0v) is 13.8. The van der Waals surface area contributed by atoms with E-state index in [9.17, 15) is 0 Å². The fourth-order valence-electron chi connectivity index (χ4n) is 2.06. The topological polar surface area (TPSA) is 0 Å². The summed E-state index contributed by atoms with van der Waals surface area (Å²) < 4.78 is 0.613.